The Labute approximate surface area is 116 Å². The number of Topliss-reactive ketones (excluding diaryl/α,β-unsaturated/α-hetero) is 1. The van der Waals surface area contributed by atoms with Gasteiger partial charge in [-0.25, -0.2) is 9.98 Å². The molecule has 100 valence electrons. The number of aromatic nitrogens is 1. The molecule has 0 amide bonds. The third-order valence-corrected chi connectivity index (χ3v) is 3.08. The Morgan fingerprint density at radius 2 is 2.32 bits per heavy atom. The van der Waals surface area contributed by atoms with E-state index < -0.39 is 0 Å². The van der Waals surface area contributed by atoms with Crippen LogP contribution in [0.15, 0.2) is 10.0 Å². The highest BCUT2D eigenvalue weighted by Gasteiger charge is 2.19. The maximum atomic E-state index is 11.7. The molecule has 0 aliphatic heterocycles. The summed E-state index contributed by atoms with van der Waals surface area (Å²) in [7, 11) is 0. The molecule has 0 aliphatic carbocycles. The first-order valence-corrected chi connectivity index (χ1v) is 6.93. The first kappa shape index (κ1) is 15.2. The van der Waals surface area contributed by atoms with Gasteiger partial charge >= 0.3 is 0 Å². The number of nitriles is 1. The molecule has 0 radical (unpaired) electrons. The molecule has 5 nitrogen and oxygen atoms in total. The van der Waals surface area contributed by atoms with Crippen molar-refractivity contribution in [3.05, 3.63) is 16.8 Å². The van der Waals surface area contributed by atoms with Crippen LogP contribution in [0.3, 0.4) is 0 Å². The number of rotatable bonds is 5. The molecule has 19 heavy (non-hydrogen) atoms. The van der Waals surface area contributed by atoms with Gasteiger partial charge in [-0.1, -0.05) is 0 Å². The van der Waals surface area contributed by atoms with Gasteiger partial charge in [-0.2, -0.15) is 5.26 Å². The Morgan fingerprint density at radius 3 is 2.79 bits per heavy atom. The van der Waals surface area contributed by atoms with E-state index in [4.69, 9.17) is 4.74 Å². The van der Waals surface area contributed by atoms with Crippen LogP contribution in [0.1, 0.15) is 35.5 Å². The predicted octanol–water partition coefficient (Wildman–Crippen LogP) is 2.88. The maximum Gasteiger partial charge on any atom is 0.174 e. The molecule has 1 aromatic rings. The lowest BCUT2D eigenvalue weighted by molar-refractivity contribution is 0.101. The number of carbonyl (C=O) groups excluding carboxylic acids is 1. The molecular weight excluding hydrogens is 262 g/mol. The number of ether oxygens (including phenoxy) is 1. The molecular formula is C13H15N3O2S. The molecule has 0 N–H and O–H groups in total. The summed E-state index contributed by atoms with van der Waals surface area (Å²) in [4.78, 5) is 20.1. The standard InChI is InChI=1S/C13H15N3O2S/c1-5-18-7-15-12-10(6-14)13(19-4)16-8(2)11(12)9(3)17/h7H,5H2,1-4H3. The first-order chi connectivity index (χ1) is 9.06. The molecule has 1 rings (SSSR count). The van der Waals surface area contributed by atoms with Crippen LogP contribution in [-0.4, -0.2) is 30.0 Å². The molecule has 1 aromatic heterocycles. The minimum Gasteiger partial charge on any atom is -0.483 e. The van der Waals surface area contributed by atoms with Crippen molar-refractivity contribution in [3.63, 3.8) is 0 Å². The minimum atomic E-state index is -0.169. The normalized spacial score (nSPS) is 10.5. The highest BCUT2D eigenvalue weighted by molar-refractivity contribution is 7.98. The number of hydrogen-bond donors (Lipinski definition) is 0. The lowest BCUT2D eigenvalue weighted by Crippen LogP contribution is -2.04. The molecule has 0 unspecified atom stereocenters. The fraction of sp³-hybridized carbons (Fsp3) is 0.385. The molecule has 0 fully saturated rings. The molecule has 0 bridgehead atoms. The number of thioether (sulfide) groups is 1. The van der Waals surface area contributed by atoms with Gasteiger partial charge in [0.05, 0.1) is 23.6 Å². The van der Waals surface area contributed by atoms with E-state index in [-0.39, 0.29) is 5.78 Å². The number of aliphatic imine (C=N–C) groups is 1. The van der Waals surface area contributed by atoms with Gasteiger partial charge in [0.1, 0.15) is 16.7 Å². The second-order valence-electron chi connectivity index (χ2n) is 3.66. The second-order valence-corrected chi connectivity index (χ2v) is 4.46. The summed E-state index contributed by atoms with van der Waals surface area (Å²) in [6.45, 7) is 5.47. The Balaban J connectivity index is 3.56. The van der Waals surface area contributed by atoms with E-state index in [1.807, 2.05) is 13.2 Å². The lowest BCUT2D eigenvalue weighted by Gasteiger charge is -2.10. The topological polar surface area (TPSA) is 75.3 Å². The molecule has 1 heterocycles. The molecule has 0 atom stereocenters. The van der Waals surface area contributed by atoms with Crippen LogP contribution in [0.5, 0.6) is 0 Å². The van der Waals surface area contributed by atoms with E-state index in [0.717, 1.165) is 0 Å². The number of aryl methyl sites for hydroxylation is 1. The Hall–Kier alpha value is -1.87. The van der Waals surface area contributed by atoms with Crippen molar-refractivity contribution in [2.24, 2.45) is 4.99 Å². The third kappa shape index (κ3) is 3.32. The lowest BCUT2D eigenvalue weighted by atomic mass is 10.1. The predicted molar refractivity (Wildman–Crippen MR) is 75.3 cm³/mol. The Kier molecular flexibility index (Phi) is 5.52. The first-order valence-electron chi connectivity index (χ1n) is 5.70. The zero-order valence-corrected chi connectivity index (χ0v) is 12.2. The van der Waals surface area contributed by atoms with Crippen LogP contribution in [0.4, 0.5) is 5.69 Å². The van der Waals surface area contributed by atoms with Crippen molar-refractivity contribution in [2.45, 2.75) is 25.8 Å². The fourth-order valence-corrected chi connectivity index (χ4v) is 2.20. The SMILES string of the molecule is CCOC=Nc1c(C#N)c(SC)nc(C)c1C(C)=O. The molecule has 0 saturated carbocycles. The summed E-state index contributed by atoms with van der Waals surface area (Å²) in [5.74, 6) is -0.169. The van der Waals surface area contributed by atoms with Crippen molar-refractivity contribution in [1.82, 2.24) is 4.98 Å². The van der Waals surface area contributed by atoms with Crippen LogP contribution >= 0.6 is 11.8 Å². The number of pyridine rings is 1. The Morgan fingerprint density at radius 1 is 1.63 bits per heavy atom. The average Bonchev–Trinajstić information content (AvgIpc) is 2.37. The van der Waals surface area contributed by atoms with E-state index in [1.54, 1.807) is 6.92 Å². The van der Waals surface area contributed by atoms with E-state index in [2.05, 4.69) is 16.0 Å². The summed E-state index contributed by atoms with van der Waals surface area (Å²) in [5, 5.41) is 9.82. The van der Waals surface area contributed by atoms with Gasteiger partial charge in [-0.05, 0) is 27.0 Å². The van der Waals surface area contributed by atoms with Gasteiger partial charge in [0.15, 0.2) is 12.2 Å². The molecule has 0 spiro atoms. The molecule has 0 saturated heterocycles. The summed E-state index contributed by atoms with van der Waals surface area (Å²) in [6.07, 6.45) is 3.08. The van der Waals surface area contributed by atoms with E-state index in [9.17, 15) is 10.1 Å². The summed E-state index contributed by atoms with van der Waals surface area (Å²) in [6, 6.07) is 2.06. The molecule has 6 heteroatoms. The van der Waals surface area contributed by atoms with E-state index in [0.29, 0.717) is 34.1 Å². The molecule has 0 aromatic carbocycles. The van der Waals surface area contributed by atoms with Crippen LogP contribution in [0, 0.1) is 18.3 Å². The second kappa shape index (κ2) is 6.90. The van der Waals surface area contributed by atoms with Crippen molar-refractivity contribution < 1.29 is 9.53 Å². The average molecular weight is 277 g/mol. The van der Waals surface area contributed by atoms with E-state index >= 15 is 0 Å². The van der Waals surface area contributed by atoms with Crippen molar-refractivity contribution in [1.29, 1.82) is 5.26 Å². The monoisotopic (exact) mass is 277 g/mol. The largest absolute Gasteiger partial charge is 0.483 e. The fourth-order valence-electron chi connectivity index (χ4n) is 1.63. The Bertz CT molecular complexity index is 562. The number of ketones is 1. The van der Waals surface area contributed by atoms with Gasteiger partial charge in [-0.3, -0.25) is 4.79 Å². The summed E-state index contributed by atoms with van der Waals surface area (Å²) >= 11 is 1.35. The maximum absolute atomic E-state index is 11.7. The quantitative estimate of drug-likeness (QED) is 0.358. The van der Waals surface area contributed by atoms with Crippen LogP contribution in [0.2, 0.25) is 0 Å². The molecule has 0 aliphatic rings. The number of hydrogen-bond acceptors (Lipinski definition) is 6. The zero-order chi connectivity index (χ0) is 14.4. The number of carbonyl (C=O) groups is 1. The number of nitrogens with zero attached hydrogens (tertiary/aromatic N) is 3. The van der Waals surface area contributed by atoms with Crippen molar-refractivity contribution >= 4 is 29.6 Å². The van der Waals surface area contributed by atoms with Crippen molar-refractivity contribution in [2.75, 3.05) is 12.9 Å². The highest BCUT2D eigenvalue weighted by atomic mass is 32.2. The van der Waals surface area contributed by atoms with E-state index in [1.165, 1.54) is 25.1 Å². The van der Waals surface area contributed by atoms with Gasteiger partial charge < -0.3 is 4.74 Å². The van der Waals surface area contributed by atoms with Gasteiger partial charge in [0.2, 0.25) is 0 Å². The minimum absolute atomic E-state index is 0.169. The van der Waals surface area contributed by atoms with Gasteiger partial charge in [0.25, 0.3) is 0 Å². The van der Waals surface area contributed by atoms with Crippen LogP contribution < -0.4 is 0 Å². The third-order valence-electron chi connectivity index (χ3n) is 2.40. The smallest absolute Gasteiger partial charge is 0.174 e. The van der Waals surface area contributed by atoms with Crippen LogP contribution in [0.25, 0.3) is 0 Å². The summed E-state index contributed by atoms with van der Waals surface area (Å²) < 4.78 is 5.05. The van der Waals surface area contributed by atoms with Gasteiger partial charge in [-0.15, -0.1) is 11.8 Å². The van der Waals surface area contributed by atoms with Gasteiger partial charge in [0, 0.05) is 0 Å². The zero-order valence-electron chi connectivity index (χ0n) is 11.4. The van der Waals surface area contributed by atoms with Crippen LogP contribution in [-0.2, 0) is 4.74 Å². The summed E-state index contributed by atoms with van der Waals surface area (Å²) in [5.41, 5.74) is 1.57. The van der Waals surface area contributed by atoms with Crippen molar-refractivity contribution in [3.8, 4) is 6.07 Å². The highest BCUT2D eigenvalue weighted by Crippen LogP contribution is 2.32.